The van der Waals surface area contributed by atoms with Crippen molar-refractivity contribution in [3.63, 3.8) is 0 Å². The predicted molar refractivity (Wildman–Crippen MR) is 120 cm³/mol. The van der Waals surface area contributed by atoms with Crippen molar-refractivity contribution in [2.24, 2.45) is 5.92 Å². The van der Waals surface area contributed by atoms with Crippen LogP contribution in [-0.2, 0) is 4.43 Å². The van der Waals surface area contributed by atoms with Crippen LogP contribution in [0.2, 0.25) is 36.9 Å². The SMILES string of the molecule is CCC[CH2][Sn]([CH2]CCC)([CH2]CCC)[C@H]1C[C@@]1(CC(C)C)O[Si](C)(C)C. The second-order valence-electron chi connectivity index (χ2n) is 10.3. The molecule has 2 atom stereocenters. The molecule has 1 nitrogen and oxygen atoms in total. The molecule has 0 aromatic heterocycles. The van der Waals surface area contributed by atoms with E-state index in [9.17, 15) is 0 Å². The van der Waals surface area contributed by atoms with Gasteiger partial charge < -0.3 is 0 Å². The van der Waals surface area contributed by atoms with Gasteiger partial charge in [0.05, 0.1) is 0 Å². The van der Waals surface area contributed by atoms with E-state index in [1.165, 1.54) is 51.4 Å². The topological polar surface area (TPSA) is 9.23 Å². The average molecular weight is 475 g/mol. The summed E-state index contributed by atoms with van der Waals surface area (Å²) in [5.41, 5.74) is 0.309. The van der Waals surface area contributed by atoms with Crippen LogP contribution in [0.5, 0.6) is 0 Å². The summed E-state index contributed by atoms with van der Waals surface area (Å²) >= 11 is -2.14. The molecule has 1 saturated carbocycles. The van der Waals surface area contributed by atoms with Gasteiger partial charge in [-0.1, -0.05) is 0 Å². The van der Waals surface area contributed by atoms with Gasteiger partial charge in [-0.2, -0.15) is 0 Å². The maximum absolute atomic E-state index is 7.00. The van der Waals surface area contributed by atoms with Crippen LogP contribution in [0.15, 0.2) is 0 Å². The number of rotatable bonds is 14. The molecule has 0 saturated heterocycles. The Morgan fingerprint density at radius 3 is 1.68 bits per heavy atom. The Morgan fingerprint density at radius 1 is 0.920 bits per heavy atom. The maximum atomic E-state index is 7.00. The molecule has 0 bridgehead atoms. The molecule has 1 aliphatic carbocycles. The second kappa shape index (κ2) is 10.5. The van der Waals surface area contributed by atoms with Gasteiger partial charge in [0, 0.05) is 0 Å². The summed E-state index contributed by atoms with van der Waals surface area (Å²) in [5, 5.41) is 0. The second-order valence-corrected chi connectivity index (χ2v) is 28.8. The summed E-state index contributed by atoms with van der Waals surface area (Å²) in [7, 11) is -1.48. The van der Waals surface area contributed by atoms with Crippen LogP contribution >= 0.6 is 0 Å². The quantitative estimate of drug-likeness (QED) is 0.230. The Kier molecular flexibility index (Phi) is 10.1. The van der Waals surface area contributed by atoms with Crippen LogP contribution in [0.4, 0.5) is 0 Å². The fraction of sp³-hybridized carbons (Fsp3) is 1.00. The molecule has 25 heavy (non-hydrogen) atoms. The molecule has 1 fully saturated rings. The van der Waals surface area contributed by atoms with Crippen molar-refractivity contribution < 1.29 is 4.43 Å². The molecule has 0 N–H and O–H groups in total. The summed E-state index contributed by atoms with van der Waals surface area (Å²) in [6, 6.07) is 0. The van der Waals surface area contributed by atoms with Crippen molar-refractivity contribution >= 4 is 26.7 Å². The van der Waals surface area contributed by atoms with Gasteiger partial charge in [-0.3, -0.25) is 0 Å². The first-order chi connectivity index (χ1) is 11.6. The third-order valence-corrected chi connectivity index (χ3v) is 25.0. The van der Waals surface area contributed by atoms with E-state index < -0.39 is 26.7 Å². The number of unbranched alkanes of at least 4 members (excludes halogenated alkanes) is 3. The molecule has 0 heterocycles. The van der Waals surface area contributed by atoms with E-state index in [1.54, 1.807) is 13.3 Å². The van der Waals surface area contributed by atoms with Crippen LogP contribution in [0, 0.1) is 5.92 Å². The van der Waals surface area contributed by atoms with Gasteiger partial charge in [0.25, 0.3) is 0 Å². The Bertz CT molecular complexity index is 355. The van der Waals surface area contributed by atoms with Crippen molar-refractivity contribution in [3.8, 4) is 0 Å². The minimum atomic E-state index is -2.14. The van der Waals surface area contributed by atoms with E-state index in [4.69, 9.17) is 4.43 Å². The monoisotopic (exact) mass is 476 g/mol. The van der Waals surface area contributed by atoms with Crippen molar-refractivity contribution in [2.45, 2.75) is 128 Å². The van der Waals surface area contributed by atoms with E-state index in [0.717, 1.165) is 9.85 Å². The van der Waals surface area contributed by atoms with Crippen molar-refractivity contribution in [1.82, 2.24) is 0 Å². The summed E-state index contributed by atoms with van der Waals surface area (Å²) in [5.74, 6) is 0.772. The van der Waals surface area contributed by atoms with Gasteiger partial charge >= 0.3 is 166 Å². The first-order valence-electron chi connectivity index (χ1n) is 11.3. The number of hydrogen-bond acceptors (Lipinski definition) is 1. The first-order valence-corrected chi connectivity index (χ1v) is 22.5. The summed E-state index contributed by atoms with van der Waals surface area (Å²) < 4.78 is 13.0. The van der Waals surface area contributed by atoms with Gasteiger partial charge in [-0.15, -0.1) is 0 Å². The molecule has 0 spiro atoms. The first kappa shape index (κ1) is 24.0. The zero-order valence-electron chi connectivity index (χ0n) is 18.8. The Balaban J connectivity index is 3.08. The van der Waals surface area contributed by atoms with E-state index in [2.05, 4.69) is 54.3 Å². The predicted octanol–water partition coefficient (Wildman–Crippen LogP) is 8.25. The molecule has 1 aliphatic rings. The molecule has 1 rings (SSSR count). The normalized spacial score (nSPS) is 24.1. The Hall–Kier alpha value is 0.976. The van der Waals surface area contributed by atoms with Crippen molar-refractivity contribution in [2.75, 3.05) is 0 Å². The van der Waals surface area contributed by atoms with Gasteiger partial charge in [0.1, 0.15) is 0 Å². The molecule has 0 radical (unpaired) electrons. The van der Waals surface area contributed by atoms with Gasteiger partial charge in [0.15, 0.2) is 0 Å². The van der Waals surface area contributed by atoms with Crippen molar-refractivity contribution in [3.05, 3.63) is 0 Å². The van der Waals surface area contributed by atoms with Gasteiger partial charge in [-0.05, 0) is 0 Å². The third kappa shape index (κ3) is 7.48. The third-order valence-electron chi connectivity index (χ3n) is 6.11. The molecule has 0 amide bonds. The van der Waals surface area contributed by atoms with Gasteiger partial charge in [0.2, 0.25) is 0 Å². The van der Waals surface area contributed by atoms with Gasteiger partial charge in [-0.25, -0.2) is 0 Å². The number of hydrogen-bond donors (Lipinski definition) is 0. The molecular weight excluding hydrogens is 427 g/mol. The zero-order valence-corrected chi connectivity index (χ0v) is 22.7. The molecule has 150 valence electrons. The van der Waals surface area contributed by atoms with E-state index in [0.29, 0.717) is 5.60 Å². The van der Waals surface area contributed by atoms with Crippen LogP contribution in [0.3, 0.4) is 0 Å². The average Bonchev–Trinajstić information content (AvgIpc) is 3.17. The molecule has 0 aromatic rings. The zero-order chi connectivity index (χ0) is 19.1. The summed E-state index contributed by atoms with van der Waals surface area (Å²) in [6.45, 7) is 19.2. The molecule has 0 unspecified atom stereocenters. The molecule has 3 heteroatoms. The molecular formula is C22H48OSiSn. The van der Waals surface area contributed by atoms with Crippen molar-refractivity contribution in [1.29, 1.82) is 0 Å². The van der Waals surface area contributed by atoms with E-state index in [-0.39, 0.29) is 0 Å². The van der Waals surface area contributed by atoms with E-state index >= 15 is 0 Å². The minimum absolute atomic E-state index is 0.309. The van der Waals surface area contributed by atoms with E-state index in [1.807, 2.05) is 0 Å². The summed E-state index contributed by atoms with van der Waals surface area (Å²) in [4.78, 5) is 0. The molecule has 0 aliphatic heterocycles. The fourth-order valence-corrected chi connectivity index (χ4v) is 27.2. The standard InChI is InChI=1S/C10H21OSi.3C4H9.Sn/c1-9(2)8-10(6-7-10)11-12(3,4)5;3*1-3-4-2;/h6,9H,7-8H2,1-5H3;3*1,3-4H2,2H3;/t10-;;;;/m0..../s1. The molecule has 0 aromatic carbocycles. The fourth-order valence-electron chi connectivity index (χ4n) is 5.23. The van der Waals surface area contributed by atoms with Crippen LogP contribution in [-0.4, -0.2) is 32.3 Å². The van der Waals surface area contributed by atoms with Crippen LogP contribution in [0.25, 0.3) is 0 Å². The Labute approximate surface area is 165 Å². The summed E-state index contributed by atoms with van der Waals surface area (Å²) in [6.07, 6.45) is 11.4. The Morgan fingerprint density at radius 2 is 1.36 bits per heavy atom. The van der Waals surface area contributed by atoms with Crippen LogP contribution in [0.1, 0.15) is 86.0 Å². The van der Waals surface area contributed by atoms with Crippen LogP contribution < -0.4 is 0 Å².